The number of carbonyl (C=O) groups excluding carboxylic acids is 1. The topological polar surface area (TPSA) is 62.1 Å². The van der Waals surface area contributed by atoms with Crippen LogP contribution in [0.15, 0.2) is 24.3 Å². The van der Waals surface area contributed by atoms with Crippen molar-refractivity contribution in [3.63, 3.8) is 0 Å². The quantitative estimate of drug-likeness (QED) is 0.909. The molecule has 0 spiro atoms. The summed E-state index contributed by atoms with van der Waals surface area (Å²) in [4.78, 5) is 11.8. The number of nitrogens with one attached hydrogen (secondary N) is 1. The number of rotatable bonds is 5. The van der Waals surface area contributed by atoms with Gasteiger partial charge >= 0.3 is 6.36 Å². The van der Waals surface area contributed by atoms with E-state index in [1.165, 1.54) is 24.3 Å². The number of halogens is 3. The molecular weight excluding hydrogens is 297 g/mol. The summed E-state index contributed by atoms with van der Waals surface area (Å²) in [6, 6.07) is 7.51. The lowest BCUT2D eigenvalue weighted by molar-refractivity contribution is -0.274. The summed E-state index contributed by atoms with van der Waals surface area (Å²) in [6.45, 7) is 0. The molecule has 0 heterocycles. The minimum Gasteiger partial charge on any atom is -0.406 e. The van der Waals surface area contributed by atoms with Crippen LogP contribution in [-0.4, -0.2) is 17.8 Å². The van der Waals surface area contributed by atoms with E-state index >= 15 is 0 Å². The number of hydrogen-bond acceptors (Lipinski definition) is 3. The Morgan fingerprint density at radius 2 is 1.95 bits per heavy atom. The van der Waals surface area contributed by atoms with Crippen LogP contribution in [0.1, 0.15) is 31.2 Å². The van der Waals surface area contributed by atoms with Gasteiger partial charge in [0.1, 0.15) is 11.3 Å². The minimum absolute atomic E-state index is 0.183. The van der Waals surface area contributed by atoms with Crippen molar-refractivity contribution in [2.45, 2.75) is 44.0 Å². The molecule has 1 aromatic carbocycles. The molecule has 0 saturated heterocycles. The molecule has 2 rings (SSSR count). The first-order valence-corrected chi connectivity index (χ1v) is 6.89. The van der Waals surface area contributed by atoms with Crippen LogP contribution >= 0.6 is 0 Å². The van der Waals surface area contributed by atoms with Crippen LogP contribution in [0, 0.1) is 11.3 Å². The third-order valence-electron chi connectivity index (χ3n) is 3.60. The highest BCUT2D eigenvalue weighted by molar-refractivity contribution is 5.77. The largest absolute Gasteiger partial charge is 0.573 e. The SMILES string of the molecule is N#CC1(NC(=O)CCc2ccc(OC(F)(F)F)cc2)CCC1. The Labute approximate surface area is 125 Å². The molecular formula is C15H15F3N2O2. The van der Waals surface area contributed by atoms with Crippen LogP contribution in [-0.2, 0) is 11.2 Å². The summed E-state index contributed by atoms with van der Waals surface area (Å²) in [5.74, 6) is -0.518. The highest BCUT2D eigenvalue weighted by Crippen LogP contribution is 2.31. The fourth-order valence-electron chi connectivity index (χ4n) is 2.24. The van der Waals surface area contributed by atoms with Crippen LogP contribution in [0.2, 0.25) is 0 Å². The van der Waals surface area contributed by atoms with E-state index in [-0.39, 0.29) is 18.1 Å². The van der Waals surface area contributed by atoms with Crippen LogP contribution in [0.5, 0.6) is 5.75 Å². The van der Waals surface area contributed by atoms with E-state index in [0.717, 1.165) is 12.0 Å². The third kappa shape index (κ3) is 4.38. The first kappa shape index (κ1) is 16.1. The van der Waals surface area contributed by atoms with Gasteiger partial charge in [0.2, 0.25) is 5.91 Å². The van der Waals surface area contributed by atoms with Gasteiger partial charge in [-0.25, -0.2) is 0 Å². The number of benzene rings is 1. The predicted octanol–water partition coefficient (Wildman–Crippen LogP) is 3.08. The molecule has 0 atom stereocenters. The lowest BCUT2D eigenvalue weighted by Crippen LogP contribution is -2.52. The standard InChI is InChI=1S/C15H15F3N2O2/c16-15(17,18)22-12-5-2-11(3-6-12)4-7-13(21)20-14(10-19)8-1-9-14/h2-3,5-6H,1,4,7-9H2,(H,20,21). The van der Waals surface area contributed by atoms with Crippen LogP contribution in [0.25, 0.3) is 0 Å². The molecule has 118 valence electrons. The van der Waals surface area contributed by atoms with Gasteiger partial charge in [-0.2, -0.15) is 5.26 Å². The Kier molecular flexibility index (Phi) is 4.59. The molecule has 1 N–H and O–H groups in total. The third-order valence-corrected chi connectivity index (χ3v) is 3.60. The second-order valence-electron chi connectivity index (χ2n) is 5.29. The van der Waals surface area contributed by atoms with Crippen molar-refractivity contribution in [3.05, 3.63) is 29.8 Å². The Bertz CT molecular complexity index is 572. The van der Waals surface area contributed by atoms with Gasteiger partial charge in [0, 0.05) is 6.42 Å². The van der Waals surface area contributed by atoms with Gasteiger partial charge in [0.05, 0.1) is 6.07 Å². The van der Waals surface area contributed by atoms with E-state index in [9.17, 15) is 18.0 Å². The Morgan fingerprint density at radius 1 is 1.32 bits per heavy atom. The lowest BCUT2D eigenvalue weighted by Gasteiger charge is -2.35. The van der Waals surface area contributed by atoms with Crippen molar-refractivity contribution >= 4 is 5.91 Å². The second kappa shape index (κ2) is 6.26. The monoisotopic (exact) mass is 312 g/mol. The Hall–Kier alpha value is -2.23. The van der Waals surface area contributed by atoms with E-state index in [2.05, 4.69) is 16.1 Å². The molecule has 1 fully saturated rings. The second-order valence-corrected chi connectivity index (χ2v) is 5.29. The summed E-state index contributed by atoms with van der Waals surface area (Å²) in [6.07, 6.45) is -1.88. The van der Waals surface area contributed by atoms with Gasteiger partial charge in [-0.3, -0.25) is 4.79 Å². The number of hydrogen-bond donors (Lipinski definition) is 1. The molecule has 0 radical (unpaired) electrons. The molecule has 4 nitrogen and oxygen atoms in total. The fraction of sp³-hybridized carbons (Fsp3) is 0.467. The fourth-order valence-corrected chi connectivity index (χ4v) is 2.24. The molecule has 0 bridgehead atoms. The molecule has 0 aliphatic heterocycles. The maximum absolute atomic E-state index is 12.0. The number of nitrogens with zero attached hydrogens (tertiary/aromatic N) is 1. The van der Waals surface area contributed by atoms with E-state index in [0.29, 0.717) is 19.3 Å². The van der Waals surface area contributed by atoms with Gasteiger partial charge in [-0.15, -0.1) is 13.2 Å². The maximum atomic E-state index is 12.0. The zero-order valence-corrected chi connectivity index (χ0v) is 11.7. The predicted molar refractivity (Wildman–Crippen MR) is 71.8 cm³/mol. The smallest absolute Gasteiger partial charge is 0.406 e. The number of aryl methyl sites for hydroxylation is 1. The number of ether oxygens (including phenoxy) is 1. The molecule has 1 aliphatic carbocycles. The summed E-state index contributed by atoms with van der Waals surface area (Å²) < 4.78 is 39.8. The molecule has 0 aromatic heterocycles. The molecule has 7 heteroatoms. The Morgan fingerprint density at radius 3 is 2.41 bits per heavy atom. The summed E-state index contributed by atoms with van der Waals surface area (Å²) in [5, 5.41) is 11.7. The van der Waals surface area contributed by atoms with Crippen molar-refractivity contribution in [3.8, 4) is 11.8 Å². The molecule has 22 heavy (non-hydrogen) atoms. The first-order chi connectivity index (χ1) is 10.3. The first-order valence-electron chi connectivity index (χ1n) is 6.89. The highest BCUT2D eigenvalue weighted by atomic mass is 19.4. The normalized spacial score (nSPS) is 16.3. The summed E-state index contributed by atoms with van der Waals surface area (Å²) in [7, 11) is 0. The van der Waals surface area contributed by atoms with Gasteiger partial charge < -0.3 is 10.1 Å². The average Bonchev–Trinajstić information content (AvgIpc) is 2.40. The molecule has 1 aromatic rings. The highest BCUT2D eigenvalue weighted by Gasteiger charge is 2.38. The maximum Gasteiger partial charge on any atom is 0.573 e. The number of nitriles is 1. The molecule has 1 saturated carbocycles. The lowest BCUT2D eigenvalue weighted by atomic mass is 9.78. The van der Waals surface area contributed by atoms with Gasteiger partial charge in [-0.1, -0.05) is 12.1 Å². The Balaban J connectivity index is 1.82. The van der Waals surface area contributed by atoms with Crippen LogP contribution < -0.4 is 10.1 Å². The summed E-state index contributed by atoms with van der Waals surface area (Å²) >= 11 is 0. The average molecular weight is 312 g/mol. The number of alkyl halides is 3. The molecule has 0 unspecified atom stereocenters. The number of amides is 1. The van der Waals surface area contributed by atoms with E-state index in [4.69, 9.17) is 5.26 Å². The van der Waals surface area contributed by atoms with Gasteiger partial charge in [0.15, 0.2) is 0 Å². The van der Waals surface area contributed by atoms with E-state index in [1.54, 1.807) is 0 Å². The molecule has 1 aliphatic rings. The van der Waals surface area contributed by atoms with Crippen LogP contribution in [0.3, 0.4) is 0 Å². The van der Waals surface area contributed by atoms with Crippen molar-refractivity contribution in [2.75, 3.05) is 0 Å². The van der Waals surface area contributed by atoms with Crippen LogP contribution in [0.4, 0.5) is 13.2 Å². The number of carbonyl (C=O) groups is 1. The summed E-state index contributed by atoms with van der Waals surface area (Å²) in [5.41, 5.74) is 0.00545. The van der Waals surface area contributed by atoms with Crippen molar-refractivity contribution < 1.29 is 22.7 Å². The van der Waals surface area contributed by atoms with Gasteiger partial charge in [-0.05, 0) is 43.4 Å². The zero-order valence-electron chi connectivity index (χ0n) is 11.7. The van der Waals surface area contributed by atoms with Crippen molar-refractivity contribution in [1.82, 2.24) is 5.32 Å². The van der Waals surface area contributed by atoms with Crippen molar-refractivity contribution in [1.29, 1.82) is 5.26 Å². The zero-order chi connectivity index (χ0) is 16.2. The molecule has 1 amide bonds. The van der Waals surface area contributed by atoms with E-state index in [1.807, 2.05) is 0 Å². The van der Waals surface area contributed by atoms with Crippen molar-refractivity contribution in [2.24, 2.45) is 0 Å². The van der Waals surface area contributed by atoms with E-state index < -0.39 is 11.9 Å². The minimum atomic E-state index is -4.71. The van der Waals surface area contributed by atoms with Gasteiger partial charge in [0.25, 0.3) is 0 Å².